The van der Waals surface area contributed by atoms with Crippen molar-refractivity contribution in [2.75, 3.05) is 18.9 Å². The Morgan fingerprint density at radius 1 is 1.32 bits per heavy atom. The van der Waals surface area contributed by atoms with Crippen LogP contribution in [0, 0.1) is 0 Å². The Balaban J connectivity index is 1.74. The van der Waals surface area contributed by atoms with E-state index in [4.69, 9.17) is 35.1 Å². The maximum absolute atomic E-state index is 12.7. The molecule has 3 unspecified atom stereocenters. The van der Waals surface area contributed by atoms with Crippen LogP contribution in [0.2, 0.25) is 0 Å². The van der Waals surface area contributed by atoms with Gasteiger partial charge < -0.3 is 61.6 Å². The molecule has 12 N–H and O–H groups in total. The van der Waals surface area contributed by atoms with Gasteiger partial charge in [-0.1, -0.05) is 0 Å². The minimum atomic E-state index is -5.44. The van der Waals surface area contributed by atoms with Gasteiger partial charge in [-0.15, -0.1) is 0 Å². The first-order valence-electron chi connectivity index (χ1n) is 11.0. The third kappa shape index (κ3) is 6.20. The lowest BCUT2D eigenvalue weighted by Gasteiger charge is -2.45. The zero-order valence-electron chi connectivity index (χ0n) is 19.4. The topological polar surface area (TPSA) is 320 Å². The Kier molecular flexibility index (Phi) is 9.26. The summed E-state index contributed by atoms with van der Waals surface area (Å²) in [4.78, 5) is 37.7. The van der Waals surface area contributed by atoms with Gasteiger partial charge in [0.05, 0.1) is 25.4 Å². The molecule has 0 aliphatic carbocycles. The summed E-state index contributed by atoms with van der Waals surface area (Å²) in [6, 6.07) is -0.295. The molecule has 0 bridgehead atoms. The van der Waals surface area contributed by atoms with Gasteiger partial charge in [0.2, 0.25) is 0 Å². The van der Waals surface area contributed by atoms with E-state index in [1.807, 2.05) is 0 Å². The first kappa shape index (κ1) is 30.4. The molecule has 38 heavy (non-hydrogen) atoms. The van der Waals surface area contributed by atoms with Crippen molar-refractivity contribution in [1.82, 2.24) is 9.55 Å². The second kappa shape index (κ2) is 11.6. The largest absolute Gasteiger partial charge is 0.477 e. The lowest BCUT2D eigenvalue weighted by molar-refractivity contribution is -0.286. The molecule has 0 amide bonds. The molecule has 2 fully saturated rings. The van der Waals surface area contributed by atoms with Crippen molar-refractivity contribution in [2.45, 2.75) is 67.2 Å². The summed E-state index contributed by atoms with van der Waals surface area (Å²) in [5.74, 6) is -5.29. The normalized spacial score (nSPS) is 36.9. The highest BCUT2D eigenvalue weighted by molar-refractivity contribution is 7.47. The van der Waals surface area contributed by atoms with Crippen LogP contribution in [0.25, 0.3) is 0 Å². The summed E-state index contributed by atoms with van der Waals surface area (Å²) < 4.78 is 33.4. The first-order chi connectivity index (χ1) is 17.6. The quantitative estimate of drug-likeness (QED) is 0.117. The van der Waals surface area contributed by atoms with Crippen LogP contribution in [0.4, 0.5) is 5.82 Å². The lowest BCUT2D eigenvalue weighted by Crippen LogP contribution is -2.66. The first-order valence-corrected chi connectivity index (χ1v) is 12.5. The number of ether oxygens (including phenoxy) is 2. The van der Waals surface area contributed by atoms with Gasteiger partial charge in [0.15, 0.2) is 6.23 Å². The highest BCUT2D eigenvalue weighted by Gasteiger charge is 2.58. The zero-order valence-corrected chi connectivity index (χ0v) is 20.3. The van der Waals surface area contributed by atoms with Gasteiger partial charge in [0.1, 0.15) is 42.4 Å². The molecule has 1 aromatic heterocycles. The lowest BCUT2D eigenvalue weighted by atomic mass is 9.89. The molecule has 0 saturated carbocycles. The van der Waals surface area contributed by atoms with Gasteiger partial charge >= 0.3 is 19.5 Å². The van der Waals surface area contributed by atoms with E-state index in [2.05, 4.69) is 4.98 Å². The zero-order chi connectivity index (χ0) is 28.6. The van der Waals surface area contributed by atoms with Crippen molar-refractivity contribution in [3.05, 3.63) is 22.7 Å². The maximum atomic E-state index is 12.7. The number of phosphoric ester groups is 1. The fourth-order valence-electron chi connectivity index (χ4n) is 3.93. The summed E-state index contributed by atoms with van der Waals surface area (Å²) in [6.07, 6.45) is -14.0. The van der Waals surface area contributed by atoms with Crippen LogP contribution in [-0.2, 0) is 27.9 Å². The van der Waals surface area contributed by atoms with Crippen LogP contribution in [-0.4, -0.2) is 124 Å². The predicted octanol–water partition coefficient (Wildman–Crippen LogP) is -5.45. The van der Waals surface area contributed by atoms with Crippen molar-refractivity contribution >= 4 is 19.6 Å². The average molecular weight is 572 g/mol. The van der Waals surface area contributed by atoms with E-state index in [-0.39, 0.29) is 5.82 Å². The number of nitrogen functional groups attached to an aromatic ring is 1. The van der Waals surface area contributed by atoms with Crippen LogP contribution in [0.5, 0.6) is 0 Å². The third-order valence-electron chi connectivity index (χ3n) is 6.00. The second-order valence-electron chi connectivity index (χ2n) is 8.67. The standard InChI is InChI=1S/C18H29N4O15P/c19-9-1-2-22(17(31)21-9)15-13(28)12(27)8(35-15)5-34-38(32,33)37-18(16(29)30)3-6(24)10(20)14(36-18)11(26)7(25)4-23/h1-2,6-8,10-15,23-28H,3-5,20H2,(H,29,30)(H,32,33)(H2,19,21,31)/t6-,7-,8-,10-,11-,12+,13?,14?,15-,18-/m1/s1. The molecule has 1 aromatic rings. The summed E-state index contributed by atoms with van der Waals surface area (Å²) in [6.45, 7) is -1.98. The number of rotatable bonds is 10. The van der Waals surface area contributed by atoms with Crippen molar-refractivity contribution in [2.24, 2.45) is 5.73 Å². The van der Waals surface area contributed by atoms with Crippen LogP contribution in [0.1, 0.15) is 12.6 Å². The molecular weight excluding hydrogens is 543 g/mol. The maximum Gasteiger partial charge on any atom is 0.475 e. The van der Waals surface area contributed by atoms with Gasteiger partial charge in [-0.3, -0.25) is 9.09 Å². The number of carboxylic acid groups (broad SMARTS) is 1. The Hall–Kier alpha value is -2.10. The van der Waals surface area contributed by atoms with Crippen molar-refractivity contribution < 1.29 is 68.5 Å². The van der Waals surface area contributed by atoms with Crippen LogP contribution in [0.15, 0.2) is 17.1 Å². The van der Waals surface area contributed by atoms with Crippen LogP contribution < -0.4 is 17.2 Å². The minimum Gasteiger partial charge on any atom is -0.477 e. The summed E-state index contributed by atoms with van der Waals surface area (Å²) in [5.41, 5.74) is 10.2. The van der Waals surface area contributed by atoms with Gasteiger partial charge in [-0.25, -0.2) is 18.7 Å². The van der Waals surface area contributed by atoms with E-state index >= 15 is 0 Å². The minimum absolute atomic E-state index is 0.124. The smallest absolute Gasteiger partial charge is 0.475 e. The molecule has 11 atom stereocenters. The van der Waals surface area contributed by atoms with Crippen molar-refractivity contribution in [3.63, 3.8) is 0 Å². The number of carbonyl (C=O) groups is 1. The predicted molar refractivity (Wildman–Crippen MR) is 119 cm³/mol. The number of aromatic nitrogens is 2. The van der Waals surface area contributed by atoms with E-state index in [9.17, 15) is 49.7 Å². The fourth-order valence-corrected chi connectivity index (χ4v) is 4.89. The molecule has 2 aliphatic heterocycles. The number of hydrogen-bond donors (Lipinski definition) is 10. The highest BCUT2D eigenvalue weighted by Crippen LogP contribution is 2.51. The Morgan fingerprint density at radius 3 is 2.55 bits per heavy atom. The van der Waals surface area contributed by atoms with E-state index < -0.39 is 99.9 Å². The Bertz CT molecular complexity index is 1110. The second-order valence-corrected chi connectivity index (χ2v) is 10.1. The molecule has 2 aliphatic rings. The fraction of sp³-hybridized carbons (Fsp3) is 0.722. The number of aliphatic carboxylic acids is 1. The molecule has 0 radical (unpaired) electrons. The number of anilines is 1. The van der Waals surface area contributed by atoms with Gasteiger partial charge in [-0.05, 0) is 6.07 Å². The van der Waals surface area contributed by atoms with E-state index in [0.717, 1.165) is 10.8 Å². The molecule has 0 spiro atoms. The number of nitrogens with two attached hydrogens (primary N) is 2. The van der Waals surface area contributed by atoms with Crippen LogP contribution >= 0.6 is 7.82 Å². The van der Waals surface area contributed by atoms with Gasteiger partial charge in [0, 0.05) is 12.6 Å². The SMILES string of the molecule is Nc1ccn([C@@H]2O[C@H](COP(=O)(O)O[C@@]3(C(=O)O)C[C@@H](O)[C@@H](N)C([C@H](O)[C@H](O)CO)O3)[C@H](O)C2O)c(=O)n1. The molecular formula is C18H29N4O15P. The molecule has 19 nitrogen and oxygen atoms in total. The van der Waals surface area contributed by atoms with E-state index in [1.165, 1.54) is 6.07 Å². The number of aliphatic hydroxyl groups is 6. The van der Waals surface area contributed by atoms with Crippen molar-refractivity contribution in [1.29, 1.82) is 0 Å². The average Bonchev–Trinajstić information content (AvgIpc) is 3.12. The van der Waals surface area contributed by atoms with Gasteiger partial charge in [0.25, 0.3) is 5.79 Å². The number of phosphoric acid groups is 1. The number of hydrogen-bond acceptors (Lipinski definition) is 16. The summed E-state index contributed by atoms with van der Waals surface area (Å²) in [5, 5.41) is 69.3. The summed E-state index contributed by atoms with van der Waals surface area (Å²) >= 11 is 0. The number of nitrogens with zero attached hydrogens (tertiary/aromatic N) is 2. The highest BCUT2D eigenvalue weighted by atomic mass is 31.2. The van der Waals surface area contributed by atoms with Gasteiger partial charge in [-0.2, -0.15) is 4.98 Å². The number of aliphatic hydroxyl groups excluding tert-OH is 6. The molecule has 2 saturated heterocycles. The molecule has 216 valence electrons. The Morgan fingerprint density at radius 2 is 1.97 bits per heavy atom. The monoisotopic (exact) mass is 572 g/mol. The van der Waals surface area contributed by atoms with E-state index in [0.29, 0.717) is 0 Å². The molecule has 20 heteroatoms. The Labute approximate surface area is 213 Å². The molecule has 3 heterocycles. The third-order valence-corrected chi connectivity index (χ3v) is 7.00. The van der Waals surface area contributed by atoms with Crippen LogP contribution in [0.3, 0.4) is 0 Å². The molecule has 0 aromatic carbocycles. The summed E-state index contributed by atoms with van der Waals surface area (Å²) in [7, 11) is -5.44. The van der Waals surface area contributed by atoms with E-state index in [1.54, 1.807) is 0 Å². The molecule has 3 rings (SSSR count). The number of carboxylic acids is 1. The van der Waals surface area contributed by atoms with Crippen molar-refractivity contribution in [3.8, 4) is 0 Å².